The van der Waals surface area contributed by atoms with Crippen molar-refractivity contribution >= 4 is 39.6 Å². The molecule has 0 saturated heterocycles. The zero-order valence-corrected chi connectivity index (χ0v) is 13.0. The molecule has 0 aliphatic heterocycles. The molecule has 0 fully saturated rings. The fourth-order valence-electron chi connectivity index (χ4n) is 2.35. The van der Waals surface area contributed by atoms with E-state index >= 15 is 0 Å². The number of nitrogens with two attached hydrogens (primary N) is 1. The molecule has 104 valence electrons. The topological polar surface area (TPSA) is 61.7 Å². The second kappa shape index (κ2) is 5.04. The van der Waals surface area contributed by atoms with Crippen LogP contribution in [0.1, 0.15) is 13.0 Å². The second-order valence-electron chi connectivity index (χ2n) is 4.70. The third-order valence-electron chi connectivity index (χ3n) is 3.23. The Hall–Kier alpha value is -1.64. The van der Waals surface area contributed by atoms with Crippen LogP contribution in [0, 0.1) is 9.39 Å². The lowest BCUT2D eigenvalue weighted by molar-refractivity contribution is 0.478. The number of aromatic nitrogens is 4. The molecule has 3 rings (SSSR count). The Labute approximate surface area is 128 Å². The monoisotopic (exact) mass is 385 g/mol. The fraction of sp³-hybridized carbons (Fsp3) is 0.231. The van der Waals surface area contributed by atoms with E-state index in [0.717, 1.165) is 0 Å². The Balaban J connectivity index is 2.06. The summed E-state index contributed by atoms with van der Waals surface area (Å²) in [6.45, 7) is 2.72. The van der Waals surface area contributed by atoms with E-state index in [1.165, 1.54) is 6.07 Å². The molecule has 3 aromatic rings. The minimum Gasteiger partial charge on any atom is -0.369 e. The molecule has 5 nitrogen and oxygen atoms in total. The van der Waals surface area contributed by atoms with Crippen LogP contribution in [0.4, 0.5) is 10.3 Å². The average Bonchev–Trinajstić information content (AvgIpc) is 2.97. The molecule has 0 amide bonds. The lowest BCUT2D eigenvalue weighted by Gasteiger charge is -2.16. The smallest absolute Gasteiger partial charge is 0.201 e. The molecule has 2 heterocycles. The first-order valence-corrected chi connectivity index (χ1v) is 7.22. The highest BCUT2D eigenvalue weighted by Gasteiger charge is 2.16. The minimum atomic E-state index is -0.255. The number of fused-ring (bicyclic) bond motifs is 1. The van der Waals surface area contributed by atoms with Crippen LogP contribution in [-0.4, -0.2) is 19.1 Å². The number of halogens is 2. The van der Waals surface area contributed by atoms with Crippen LogP contribution in [0.3, 0.4) is 0 Å². The Kier molecular flexibility index (Phi) is 3.36. The van der Waals surface area contributed by atoms with Crippen LogP contribution in [-0.2, 0) is 6.54 Å². The van der Waals surface area contributed by atoms with Crippen molar-refractivity contribution in [2.24, 2.45) is 0 Å². The second-order valence-corrected chi connectivity index (χ2v) is 5.87. The highest BCUT2D eigenvalue weighted by molar-refractivity contribution is 14.1. The first-order chi connectivity index (χ1) is 9.56. The van der Waals surface area contributed by atoms with Gasteiger partial charge < -0.3 is 14.9 Å². The summed E-state index contributed by atoms with van der Waals surface area (Å²) in [7, 11) is 0. The molecule has 1 atom stereocenters. The first kappa shape index (κ1) is 13.3. The van der Waals surface area contributed by atoms with Crippen molar-refractivity contribution in [2.75, 3.05) is 5.73 Å². The molecule has 2 aromatic heterocycles. The summed E-state index contributed by atoms with van der Waals surface area (Å²) in [6.07, 6.45) is 5.36. The Bertz CT molecular complexity index is 750. The molecule has 0 bridgehead atoms. The number of hydrogen-bond acceptors (Lipinski definition) is 3. The van der Waals surface area contributed by atoms with Crippen LogP contribution < -0.4 is 5.73 Å². The molecular formula is C13H13FIN5. The van der Waals surface area contributed by atoms with E-state index in [1.807, 2.05) is 44.8 Å². The summed E-state index contributed by atoms with van der Waals surface area (Å²) >= 11 is 1.95. The molecule has 0 radical (unpaired) electrons. The Morgan fingerprint density at radius 3 is 2.95 bits per heavy atom. The van der Waals surface area contributed by atoms with E-state index in [1.54, 1.807) is 18.6 Å². The maximum atomic E-state index is 13.8. The zero-order valence-electron chi connectivity index (χ0n) is 10.8. The fourth-order valence-corrected chi connectivity index (χ4v) is 2.80. The van der Waals surface area contributed by atoms with Gasteiger partial charge in [0.25, 0.3) is 0 Å². The van der Waals surface area contributed by atoms with Crippen LogP contribution in [0.25, 0.3) is 11.0 Å². The highest BCUT2D eigenvalue weighted by atomic mass is 127. The van der Waals surface area contributed by atoms with Crippen LogP contribution in [0.15, 0.2) is 30.9 Å². The van der Waals surface area contributed by atoms with E-state index in [2.05, 4.69) is 9.97 Å². The quantitative estimate of drug-likeness (QED) is 0.706. The van der Waals surface area contributed by atoms with E-state index in [-0.39, 0.29) is 11.9 Å². The van der Waals surface area contributed by atoms with Gasteiger partial charge in [-0.3, -0.25) is 0 Å². The van der Waals surface area contributed by atoms with Crippen molar-refractivity contribution in [3.63, 3.8) is 0 Å². The first-order valence-electron chi connectivity index (χ1n) is 6.14. The summed E-state index contributed by atoms with van der Waals surface area (Å²) in [4.78, 5) is 8.32. The molecule has 1 unspecified atom stereocenters. The molecular weight excluding hydrogens is 372 g/mol. The maximum Gasteiger partial charge on any atom is 0.201 e. The van der Waals surface area contributed by atoms with Crippen molar-refractivity contribution < 1.29 is 4.39 Å². The van der Waals surface area contributed by atoms with Gasteiger partial charge in [0, 0.05) is 25.0 Å². The van der Waals surface area contributed by atoms with Crippen molar-refractivity contribution in [3.05, 3.63) is 40.2 Å². The van der Waals surface area contributed by atoms with E-state index in [9.17, 15) is 4.39 Å². The molecule has 0 saturated carbocycles. The molecule has 20 heavy (non-hydrogen) atoms. The predicted octanol–water partition coefficient (Wildman–Crippen LogP) is 2.82. The molecule has 0 spiro atoms. The largest absolute Gasteiger partial charge is 0.369 e. The maximum absolute atomic E-state index is 13.8. The molecule has 2 N–H and O–H groups in total. The molecule has 0 aliphatic rings. The van der Waals surface area contributed by atoms with Gasteiger partial charge >= 0.3 is 0 Å². The minimum absolute atomic E-state index is 0.0497. The van der Waals surface area contributed by atoms with Gasteiger partial charge in [0.2, 0.25) is 5.95 Å². The normalized spacial score (nSPS) is 12.9. The molecule has 1 aromatic carbocycles. The summed E-state index contributed by atoms with van der Waals surface area (Å²) < 4.78 is 18.1. The third kappa shape index (κ3) is 2.26. The highest BCUT2D eigenvalue weighted by Crippen LogP contribution is 2.26. The van der Waals surface area contributed by atoms with Gasteiger partial charge in [-0.15, -0.1) is 0 Å². The van der Waals surface area contributed by atoms with Crippen molar-refractivity contribution in [3.8, 4) is 0 Å². The summed E-state index contributed by atoms with van der Waals surface area (Å²) in [6, 6.07) is 3.25. The summed E-state index contributed by atoms with van der Waals surface area (Å²) in [5, 5.41) is 0. The van der Waals surface area contributed by atoms with Gasteiger partial charge in [0.15, 0.2) is 0 Å². The van der Waals surface area contributed by atoms with E-state index < -0.39 is 0 Å². The number of nitrogens with zero attached hydrogens (tertiary/aromatic N) is 4. The SMILES string of the molecule is CC(Cn1ccnc1)n1c(N)nc2cc(I)c(F)cc21. The van der Waals surface area contributed by atoms with Gasteiger partial charge in [-0.05, 0) is 35.6 Å². The third-order valence-corrected chi connectivity index (χ3v) is 4.06. The van der Waals surface area contributed by atoms with Crippen LogP contribution in [0.5, 0.6) is 0 Å². The van der Waals surface area contributed by atoms with Gasteiger partial charge in [-0.1, -0.05) is 0 Å². The number of rotatable bonds is 3. The average molecular weight is 385 g/mol. The lowest BCUT2D eigenvalue weighted by atomic mass is 10.2. The number of hydrogen-bond donors (Lipinski definition) is 1. The molecule has 0 aliphatic carbocycles. The van der Waals surface area contributed by atoms with Crippen molar-refractivity contribution in [1.29, 1.82) is 0 Å². The predicted molar refractivity (Wildman–Crippen MR) is 83.8 cm³/mol. The Morgan fingerprint density at radius 1 is 1.45 bits per heavy atom. The van der Waals surface area contributed by atoms with Crippen molar-refractivity contribution in [1.82, 2.24) is 19.1 Å². The lowest BCUT2D eigenvalue weighted by Crippen LogP contribution is -2.14. The van der Waals surface area contributed by atoms with Crippen molar-refractivity contribution in [2.45, 2.75) is 19.5 Å². The number of anilines is 1. The summed E-state index contributed by atoms with van der Waals surface area (Å²) in [5.41, 5.74) is 7.41. The van der Waals surface area contributed by atoms with Gasteiger partial charge in [0.05, 0.1) is 27.0 Å². The van der Waals surface area contributed by atoms with Gasteiger partial charge in [-0.25, -0.2) is 14.4 Å². The Morgan fingerprint density at radius 2 is 2.25 bits per heavy atom. The summed E-state index contributed by atoms with van der Waals surface area (Å²) in [5.74, 6) is 0.142. The number of imidazole rings is 2. The van der Waals surface area contributed by atoms with Gasteiger partial charge in [-0.2, -0.15) is 0 Å². The van der Waals surface area contributed by atoms with E-state index in [0.29, 0.717) is 27.1 Å². The standard InChI is InChI=1S/C13H13FIN5/c1-8(6-19-3-2-17-7-19)20-12-4-9(14)10(15)5-11(12)18-13(20)16/h2-5,7-8H,6H2,1H3,(H2,16,18). The van der Waals surface area contributed by atoms with Crippen LogP contribution in [0.2, 0.25) is 0 Å². The van der Waals surface area contributed by atoms with Crippen LogP contribution >= 0.6 is 22.6 Å². The zero-order chi connectivity index (χ0) is 14.3. The number of benzene rings is 1. The number of nitrogen functional groups attached to an aromatic ring is 1. The van der Waals surface area contributed by atoms with E-state index in [4.69, 9.17) is 5.73 Å². The molecule has 7 heteroatoms. The van der Waals surface area contributed by atoms with Gasteiger partial charge in [0.1, 0.15) is 5.82 Å².